The molecule has 1 heterocycles. The molecule has 1 atom stereocenters. The van der Waals surface area contributed by atoms with Crippen molar-refractivity contribution in [1.82, 2.24) is 19.8 Å². The van der Waals surface area contributed by atoms with Crippen LogP contribution in [-0.4, -0.2) is 57.2 Å². The zero-order valence-corrected chi connectivity index (χ0v) is 15.2. The Morgan fingerprint density at radius 2 is 2.08 bits per heavy atom. The highest BCUT2D eigenvalue weighted by atomic mass is 32.2. The van der Waals surface area contributed by atoms with Gasteiger partial charge < -0.3 is 14.6 Å². The van der Waals surface area contributed by atoms with Crippen LogP contribution >= 0.6 is 0 Å². The van der Waals surface area contributed by atoms with Gasteiger partial charge in [0, 0.05) is 32.1 Å². The smallest absolute Gasteiger partial charge is 0.257 e. The lowest BCUT2D eigenvalue weighted by molar-refractivity contribution is 0.399. The van der Waals surface area contributed by atoms with E-state index in [2.05, 4.69) is 15.5 Å². The number of hydrogen-bond acceptors (Lipinski definition) is 7. The van der Waals surface area contributed by atoms with Crippen LogP contribution in [0.25, 0.3) is 11.5 Å². The molecule has 8 nitrogen and oxygen atoms in total. The first-order chi connectivity index (χ1) is 11.3. The summed E-state index contributed by atoms with van der Waals surface area (Å²) in [5, 5.41) is 7.03. The molecule has 0 fully saturated rings. The topological polar surface area (TPSA) is 97.6 Å². The van der Waals surface area contributed by atoms with Crippen LogP contribution in [0.2, 0.25) is 0 Å². The van der Waals surface area contributed by atoms with Gasteiger partial charge in [0.05, 0.1) is 7.11 Å². The Bertz CT molecular complexity index is 802. The SMILES string of the molecule is CNC(C)Cc1noc(-c2ccc(OC)c(S(=O)(=O)N(C)C)c2)n1. The van der Waals surface area contributed by atoms with Crippen molar-refractivity contribution in [2.45, 2.75) is 24.3 Å². The summed E-state index contributed by atoms with van der Waals surface area (Å²) in [7, 11) is 2.55. The van der Waals surface area contributed by atoms with Gasteiger partial charge in [-0.2, -0.15) is 4.98 Å². The van der Waals surface area contributed by atoms with Gasteiger partial charge in [-0.1, -0.05) is 5.16 Å². The number of benzene rings is 1. The maximum atomic E-state index is 12.5. The number of methoxy groups -OCH3 is 1. The van der Waals surface area contributed by atoms with Crippen molar-refractivity contribution in [2.24, 2.45) is 0 Å². The highest BCUT2D eigenvalue weighted by Gasteiger charge is 2.24. The highest BCUT2D eigenvalue weighted by molar-refractivity contribution is 7.89. The normalized spacial score (nSPS) is 13.2. The summed E-state index contributed by atoms with van der Waals surface area (Å²) in [6.07, 6.45) is 0.610. The van der Waals surface area contributed by atoms with Crippen molar-refractivity contribution in [3.05, 3.63) is 24.0 Å². The maximum absolute atomic E-state index is 12.5. The fraction of sp³-hybridized carbons (Fsp3) is 0.467. The molecule has 0 aliphatic carbocycles. The molecule has 24 heavy (non-hydrogen) atoms. The minimum Gasteiger partial charge on any atom is -0.495 e. The number of likely N-dealkylation sites (N-methyl/N-ethyl adjacent to an activating group) is 1. The van der Waals surface area contributed by atoms with Crippen LogP contribution in [0.3, 0.4) is 0 Å². The van der Waals surface area contributed by atoms with Crippen LogP contribution in [0.4, 0.5) is 0 Å². The molecule has 0 bridgehead atoms. The highest BCUT2D eigenvalue weighted by Crippen LogP contribution is 2.30. The Morgan fingerprint density at radius 1 is 1.38 bits per heavy atom. The number of nitrogens with one attached hydrogen (secondary N) is 1. The molecule has 0 saturated carbocycles. The zero-order chi connectivity index (χ0) is 17.9. The molecule has 2 rings (SSSR count). The van der Waals surface area contributed by atoms with Crippen LogP contribution in [-0.2, 0) is 16.4 Å². The van der Waals surface area contributed by atoms with Crippen molar-refractivity contribution < 1.29 is 17.7 Å². The van der Waals surface area contributed by atoms with Crippen LogP contribution in [0, 0.1) is 0 Å². The summed E-state index contributed by atoms with van der Waals surface area (Å²) in [5.41, 5.74) is 0.520. The molecule has 2 aromatic rings. The third-order valence-electron chi connectivity index (χ3n) is 3.62. The molecule has 1 aromatic carbocycles. The van der Waals surface area contributed by atoms with Gasteiger partial charge in [0.2, 0.25) is 10.0 Å². The van der Waals surface area contributed by atoms with Crippen molar-refractivity contribution in [2.75, 3.05) is 28.3 Å². The molecule has 132 valence electrons. The summed E-state index contributed by atoms with van der Waals surface area (Å²) in [5.74, 6) is 1.09. The average Bonchev–Trinajstić information content (AvgIpc) is 3.02. The molecule has 0 aliphatic rings. The summed E-state index contributed by atoms with van der Waals surface area (Å²) >= 11 is 0. The molecule has 0 radical (unpaired) electrons. The largest absolute Gasteiger partial charge is 0.495 e. The van der Waals surface area contributed by atoms with Crippen molar-refractivity contribution in [1.29, 1.82) is 0 Å². The molecule has 1 aromatic heterocycles. The lowest BCUT2D eigenvalue weighted by Crippen LogP contribution is -2.24. The molecule has 1 N–H and O–H groups in total. The first-order valence-electron chi connectivity index (χ1n) is 7.40. The van der Waals surface area contributed by atoms with Crippen LogP contribution in [0.5, 0.6) is 5.75 Å². The minimum atomic E-state index is -3.66. The van der Waals surface area contributed by atoms with Crippen LogP contribution < -0.4 is 10.1 Å². The van der Waals surface area contributed by atoms with E-state index in [1.54, 1.807) is 12.1 Å². The molecule has 0 amide bonds. The van der Waals surface area contributed by atoms with Gasteiger partial charge in [0.25, 0.3) is 5.89 Å². The van der Waals surface area contributed by atoms with Crippen LogP contribution in [0.1, 0.15) is 12.7 Å². The molecule has 0 aliphatic heterocycles. The maximum Gasteiger partial charge on any atom is 0.257 e. The quantitative estimate of drug-likeness (QED) is 0.796. The van der Waals surface area contributed by atoms with E-state index < -0.39 is 10.0 Å². The van der Waals surface area contributed by atoms with Gasteiger partial charge in [0.1, 0.15) is 10.6 Å². The molecule has 0 spiro atoms. The summed E-state index contributed by atoms with van der Waals surface area (Å²) < 4.78 is 36.5. The Balaban J connectivity index is 2.43. The van der Waals surface area contributed by atoms with Gasteiger partial charge in [-0.25, -0.2) is 12.7 Å². The van der Waals surface area contributed by atoms with E-state index in [-0.39, 0.29) is 22.6 Å². The first-order valence-corrected chi connectivity index (χ1v) is 8.84. The molecular weight excluding hydrogens is 332 g/mol. The second kappa shape index (κ2) is 7.29. The summed E-state index contributed by atoms with van der Waals surface area (Å²) in [4.78, 5) is 4.38. The van der Waals surface area contributed by atoms with Crippen LogP contribution in [0.15, 0.2) is 27.6 Å². The monoisotopic (exact) mass is 354 g/mol. The summed E-state index contributed by atoms with van der Waals surface area (Å²) in [6, 6.07) is 4.95. The minimum absolute atomic E-state index is 0.0517. The average molecular weight is 354 g/mol. The fourth-order valence-corrected chi connectivity index (χ4v) is 3.11. The van der Waals surface area contributed by atoms with E-state index >= 15 is 0 Å². The lowest BCUT2D eigenvalue weighted by atomic mass is 10.2. The third kappa shape index (κ3) is 3.74. The zero-order valence-electron chi connectivity index (χ0n) is 14.4. The van der Waals surface area contributed by atoms with E-state index in [4.69, 9.17) is 9.26 Å². The number of ether oxygens (including phenoxy) is 1. The van der Waals surface area contributed by atoms with Gasteiger partial charge in [-0.05, 0) is 32.2 Å². The third-order valence-corrected chi connectivity index (χ3v) is 5.46. The molecule has 1 unspecified atom stereocenters. The van der Waals surface area contributed by atoms with Gasteiger partial charge in [0.15, 0.2) is 5.82 Å². The standard InChI is InChI=1S/C15H22N4O4S/c1-10(16-2)8-14-17-15(23-18-14)11-6-7-12(22-5)13(9-11)24(20,21)19(3)4/h6-7,9-10,16H,8H2,1-5H3. The van der Waals surface area contributed by atoms with E-state index in [0.717, 1.165) is 4.31 Å². The second-order valence-corrected chi connectivity index (χ2v) is 7.68. The van der Waals surface area contributed by atoms with Crippen molar-refractivity contribution >= 4 is 10.0 Å². The number of sulfonamides is 1. The number of rotatable bonds is 7. The Kier molecular flexibility index (Phi) is 5.58. The summed E-state index contributed by atoms with van der Waals surface area (Å²) in [6.45, 7) is 2.01. The number of aromatic nitrogens is 2. The fourth-order valence-electron chi connectivity index (χ4n) is 2.04. The Hall–Kier alpha value is -1.97. The van der Waals surface area contributed by atoms with Gasteiger partial charge in [-0.3, -0.25) is 0 Å². The van der Waals surface area contributed by atoms with Crippen molar-refractivity contribution in [3.8, 4) is 17.2 Å². The number of hydrogen-bond donors (Lipinski definition) is 1. The Morgan fingerprint density at radius 3 is 2.67 bits per heavy atom. The number of nitrogens with zero attached hydrogens (tertiary/aromatic N) is 3. The first kappa shape index (κ1) is 18.4. The lowest BCUT2D eigenvalue weighted by Gasteiger charge is -2.14. The van der Waals surface area contributed by atoms with Gasteiger partial charge >= 0.3 is 0 Å². The van der Waals surface area contributed by atoms with E-state index in [0.29, 0.717) is 17.8 Å². The van der Waals surface area contributed by atoms with E-state index in [9.17, 15) is 8.42 Å². The molecule has 0 saturated heterocycles. The van der Waals surface area contributed by atoms with E-state index in [1.165, 1.54) is 27.3 Å². The Labute approximate surface area is 141 Å². The predicted molar refractivity (Wildman–Crippen MR) is 89.4 cm³/mol. The van der Waals surface area contributed by atoms with Crippen molar-refractivity contribution in [3.63, 3.8) is 0 Å². The van der Waals surface area contributed by atoms with E-state index in [1.807, 2.05) is 14.0 Å². The molecule has 9 heteroatoms. The van der Waals surface area contributed by atoms with Gasteiger partial charge in [-0.15, -0.1) is 0 Å². The molecular formula is C15H22N4O4S. The second-order valence-electron chi connectivity index (χ2n) is 5.56. The predicted octanol–water partition coefficient (Wildman–Crippen LogP) is 1.15.